The lowest BCUT2D eigenvalue weighted by Gasteiger charge is -2.35. The maximum absolute atomic E-state index is 13.0. The van der Waals surface area contributed by atoms with Gasteiger partial charge in [0.2, 0.25) is 5.89 Å². The largest absolute Gasteiger partial charge is 0.436 e. The number of nitrogens with zero attached hydrogens (tertiary/aromatic N) is 2. The highest BCUT2D eigenvalue weighted by atomic mass is 16.3. The quantitative estimate of drug-likeness (QED) is 0.515. The van der Waals surface area contributed by atoms with Crippen molar-refractivity contribution in [1.82, 2.24) is 15.2 Å². The third-order valence-corrected chi connectivity index (χ3v) is 6.95. The molecule has 2 aliphatic rings. The zero-order valence-corrected chi connectivity index (χ0v) is 18.1. The van der Waals surface area contributed by atoms with Gasteiger partial charge in [0.1, 0.15) is 11.7 Å². The molecular weight excluding hydrogens is 406 g/mol. The maximum Gasteiger partial charge on any atom is 0.253 e. The second kappa shape index (κ2) is 8.65. The molecule has 1 aromatic heterocycles. The van der Waals surface area contributed by atoms with E-state index < -0.39 is 6.23 Å². The van der Waals surface area contributed by atoms with Gasteiger partial charge in [0.15, 0.2) is 5.58 Å². The number of benzene rings is 2. The summed E-state index contributed by atoms with van der Waals surface area (Å²) in [6.45, 7) is 0. The Kier molecular flexibility index (Phi) is 5.71. The fourth-order valence-corrected chi connectivity index (χ4v) is 4.85. The van der Waals surface area contributed by atoms with E-state index in [1.54, 1.807) is 4.90 Å². The standard InChI is InChI=1S/C25H29N3O4/c1-28(19-11-10-17(12-19)23(30)26-18-13-20(29)14-18)25(31)16-8-6-15(7-9-16)24-27-21-4-2-3-5-22(21)32-24/h2-9,17-20,23,26,29-30H,10-14H2,1H3. The predicted octanol–water partition coefficient (Wildman–Crippen LogP) is 3.17. The Morgan fingerprint density at radius 3 is 2.59 bits per heavy atom. The number of aromatic nitrogens is 1. The minimum absolute atomic E-state index is 0.0238. The normalized spacial score (nSPS) is 26.1. The highest BCUT2D eigenvalue weighted by Gasteiger charge is 2.36. The van der Waals surface area contributed by atoms with E-state index in [0.29, 0.717) is 24.3 Å². The average molecular weight is 436 g/mol. The van der Waals surface area contributed by atoms with Crippen molar-refractivity contribution in [2.45, 2.75) is 56.5 Å². The summed E-state index contributed by atoms with van der Waals surface area (Å²) in [6, 6.07) is 15.3. The maximum atomic E-state index is 13.0. The van der Waals surface area contributed by atoms with Gasteiger partial charge in [-0.3, -0.25) is 10.1 Å². The molecule has 0 spiro atoms. The Labute approximate surface area is 187 Å². The second-order valence-corrected chi connectivity index (χ2v) is 9.14. The number of carbonyl (C=O) groups is 1. The molecule has 7 heteroatoms. The molecule has 0 aliphatic heterocycles. The minimum atomic E-state index is -0.586. The summed E-state index contributed by atoms with van der Waals surface area (Å²) in [7, 11) is 1.84. The van der Waals surface area contributed by atoms with Crippen molar-refractivity contribution >= 4 is 17.0 Å². The van der Waals surface area contributed by atoms with Gasteiger partial charge < -0.3 is 19.5 Å². The van der Waals surface area contributed by atoms with Crippen LogP contribution in [0.25, 0.3) is 22.6 Å². The smallest absolute Gasteiger partial charge is 0.253 e. The summed E-state index contributed by atoms with van der Waals surface area (Å²) >= 11 is 0. The molecule has 0 radical (unpaired) electrons. The molecule has 3 aromatic rings. The molecule has 168 valence electrons. The SMILES string of the molecule is CN(C(=O)c1ccc(-c2nc3ccccc3o2)cc1)C1CCC(C(O)NC2CC(O)C2)C1. The number of hydrogen-bond acceptors (Lipinski definition) is 6. The Hall–Kier alpha value is -2.74. The first kappa shape index (κ1) is 21.1. The van der Waals surface area contributed by atoms with E-state index in [1.165, 1.54) is 0 Å². The Morgan fingerprint density at radius 1 is 1.12 bits per heavy atom. The van der Waals surface area contributed by atoms with Gasteiger partial charge in [0.05, 0.1) is 6.10 Å². The number of fused-ring (bicyclic) bond motifs is 1. The topological polar surface area (TPSA) is 98.8 Å². The predicted molar refractivity (Wildman–Crippen MR) is 121 cm³/mol. The van der Waals surface area contributed by atoms with Crippen molar-refractivity contribution in [3.05, 3.63) is 54.1 Å². The number of aliphatic hydroxyl groups is 2. The van der Waals surface area contributed by atoms with Gasteiger partial charge >= 0.3 is 0 Å². The first-order chi connectivity index (χ1) is 15.5. The molecule has 32 heavy (non-hydrogen) atoms. The Balaban J connectivity index is 1.20. The van der Waals surface area contributed by atoms with Crippen molar-refractivity contribution in [3.8, 4) is 11.5 Å². The van der Waals surface area contributed by atoms with Crippen LogP contribution < -0.4 is 5.32 Å². The van der Waals surface area contributed by atoms with Crippen LogP contribution in [0.5, 0.6) is 0 Å². The second-order valence-electron chi connectivity index (χ2n) is 9.14. The molecule has 2 fully saturated rings. The van der Waals surface area contributed by atoms with Crippen molar-refractivity contribution in [2.24, 2.45) is 5.92 Å². The summed E-state index contributed by atoms with van der Waals surface area (Å²) in [6.07, 6.45) is 3.09. The minimum Gasteiger partial charge on any atom is -0.436 e. The van der Waals surface area contributed by atoms with Crippen LogP contribution in [0.3, 0.4) is 0 Å². The molecular formula is C25H29N3O4. The summed E-state index contributed by atoms with van der Waals surface area (Å²) in [4.78, 5) is 19.4. The Bertz CT molecular complexity index is 1060. The fraction of sp³-hybridized carbons (Fsp3) is 0.440. The van der Waals surface area contributed by atoms with Crippen LogP contribution in [0.15, 0.2) is 52.9 Å². The van der Waals surface area contributed by atoms with Gasteiger partial charge in [-0.2, -0.15) is 0 Å². The molecule has 0 saturated heterocycles. The van der Waals surface area contributed by atoms with Crippen molar-refractivity contribution in [3.63, 3.8) is 0 Å². The highest BCUT2D eigenvalue weighted by molar-refractivity contribution is 5.94. The lowest BCUT2D eigenvalue weighted by atomic mass is 9.88. The molecule has 2 saturated carbocycles. The van der Waals surface area contributed by atoms with E-state index in [2.05, 4.69) is 10.3 Å². The number of para-hydroxylation sites is 2. The molecule has 3 atom stereocenters. The number of rotatable bonds is 6. The summed E-state index contributed by atoms with van der Waals surface area (Å²) in [5, 5.41) is 23.1. The van der Waals surface area contributed by atoms with Gasteiger partial charge in [-0.1, -0.05) is 12.1 Å². The van der Waals surface area contributed by atoms with Crippen molar-refractivity contribution < 1.29 is 19.4 Å². The van der Waals surface area contributed by atoms with E-state index >= 15 is 0 Å². The average Bonchev–Trinajstić information content (AvgIpc) is 3.44. The van der Waals surface area contributed by atoms with E-state index in [0.717, 1.165) is 35.9 Å². The number of nitrogens with one attached hydrogen (secondary N) is 1. The van der Waals surface area contributed by atoms with E-state index in [9.17, 15) is 15.0 Å². The van der Waals surface area contributed by atoms with Crippen LogP contribution >= 0.6 is 0 Å². The number of hydrogen-bond donors (Lipinski definition) is 3. The lowest BCUT2D eigenvalue weighted by Crippen LogP contribution is -2.50. The van der Waals surface area contributed by atoms with E-state index in [4.69, 9.17) is 4.42 Å². The molecule has 0 bridgehead atoms. The van der Waals surface area contributed by atoms with Crippen LogP contribution in [0.4, 0.5) is 0 Å². The molecule has 7 nitrogen and oxygen atoms in total. The van der Waals surface area contributed by atoms with Crippen LogP contribution in [-0.4, -0.2) is 57.5 Å². The lowest BCUT2D eigenvalue weighted by molar-refractivity contribution is 0.00551. The van der Waals surface area contributed by atoms with Crippen LogP contribution in [0, 0.1) is 5.92 Å². The third kappa shape index (κ3) is 4.16. The summed E-state index contributed by atoms with van der Waals surface area (Å²) in [5.41, 5.74) is 3.00. The van der Waals surface area contributed by atoms with Crippen LogP contribution in [0.2, 0.25) is 0 Å². The number of carbonyl (C=O) groups excluding carboxylic acids is 1. The van der Waals surface area contributed by atoms with Crippen molar-refractivity contribution in [1.29, 1.82) is 0 Å². The summed E-state index contributed by atoms with van der Waals surface area (Å²) < 4.78 is 5.81. The molecule has 1 amide bonds. The summed E-state index contributed by atoms with van der Waals surface area (Å²) in [5.74, 6) is 0.636. The van der Waals surface area contributed by atoms with E-state index in [-0.39, 0.29) is 30.0 Å². The van der Waals surface area contributed by atoms with Gasteiger partial charge in [-0.25, -0.2) is 4.98 Å². The monoisotopic (exact) mass is 435 g/mol. The number of aliphatic hydroxyl groups excluding tert-OH is 2. The first-order valence-corrected chi connectivity index (χ1v) is 11.3. The molecule has 3 unspecified atom stereocenters. The zero-order valence-electron chi connectivity index (χ0n) is 18.1. The highest BCUT2D eigenvalue weighted by Crippen LogP contribution is 2.33. The van der Waals surface area contributed by atoms with Gasteiger partial charge in [0.25, 0.3) is 5.91 Å². The van der Waals surface area contributed by atoms with E-state index in [1.807, 2.05) is 55.6 Å². The van der Waals surface area contributed by atoms with Crippen LogP contribution in [0.1, 0.15) is 42.5 Å². The van der Waals surface area contributed by atoms with Gasteiger partial charge in [-0.05, 0) is 68.5 Å². The van der Waals surface area contributed by atoms with Gasteiger partial charge in [-0.15, -0.1) is 0 Å². The van der Waals surface area contributed by atoms with Gasteiger partial charge in [0, 0.05) is 36.2 Å². The number of oxazole rings is 1. The Morgan fingerprint density at radius 2 is 1.88 bits per heavy atom. The first-order valence-electron chi connectivity index (χ1n) is 11.3. The number of amides is 1. The molecule has 2 aliphatic carbocycles. The van der Waals surface area contributed by atoms with Crippen LogP contribution in [-0.2, 0) is 0 Å². The fourth-order valence-electron chi connectivity index (χ4n) is 4.85. The molecule has 2 aromatic carbocycles. The molecule has 5 rings (SSSR count). The molecule has 1 heterocycles. The van der Waals surface area contributed by atoms with Crippen molar-refractivity contribution in [2.75, 3.05) is 7.05 Å². The zero-order chi connectivity index (χ0) is 22.2. The molecule has 3 N–H and O–H groups in total. The third-order valence-electron chi connectivity index (χ3n) is 6.95.